The van der Waals surface area contributed by atoms with Gasteiger partial charge >= 0.3 is 0 Å². The van der Waals surface area contributed by atoms with Crippen molar-refractivity contribution in [3.8, 4) is 62.1 Å². The summed E-state index contributed by atoms with van der Waals surface area (Å²) in [6, 6.07) is 60.1. The Morgan fingerprint density at radius 2 is 0.926 bits per heavy atom. The fourth-order valence-corrected chi connectivity index (χ4v) is 8.02. The Labute approximate surface area is 316 Å². The Morgan fingerprint density at radius 3 is 1.65 bits per heavy atom. The first-order valence-electron chi connectivity index (χ1n) is 18.8. The lowest BCUT2D eigenvalue weighted by Gasteiger charge is -2.21. The number of hydrogen-bond acceptors (Lipinski definition) is 3. The van der Waals surface area contributed by atoms with E-state index in [-0.39, 0.29) is 5.41 Å². The molecule has 7 aromatic carbocycles. The molecule has 0 amide bonds. The highest BCUT2D eigenvalue weighted by Gasteiger charge is 2.36. The minimum Gasteiger partial charge on any atom is -0.309 e. The Morgan fingerprint density at radius 1 is 0.389 bits per heavy atom. The van der Waals surface area contributed by atoms with Crippen LogP contribution in [-0.4, -0.2) is 19.5 Å². The Kier molecular flexibility index (Phi) is 8.24. The minimum atomic E-state index is -0.0995. The summed E-state index contributed by atoms with van der Waals surface area (Å²) in [5.41, 5.74) is 13.9. The van der Waals surface area contributed by atoms with Crippen LogP contribution in [0.2, 0.25) is 0 Å². The van der Waals surface area contributed by atoms with Gasteiger partial charge in [-0.2, -0.15) is 0 Å². The summed E-state index contributed by atoms with van der Waals surface area (Å²) in [7, 11) is 0. The first-order chi connectivity index (χ1) is 26.5. The molecule has 0 aliphatic heterocycles. The zero-order valence-corrected chi connectivity index (χ0v) is 31.0. The van der Waals surface area contributed by atoms with Crippen LogP contribution < -0.4 is 0 Å². The number of aromatic nitrogens is 4. The molecule has 2 heterocycles. The lowest BCUT2D eigenvalue weighted by atomic mass is 9.82. The number of nitrogens with zero attached hydrogens (tertiary/aromatic N) is 4. The van der Waals surface area contributed by atoms with Gasteiger partial charge in [0.2, 0.25) is 0 Å². The second-order valence-electron chi connectivity index (χ2n) is 14.1. The third-order valence-corrected chi connectivity index (χ3v) is 10.7. The van der Waals surface area contributed by atoms with Gasteiger partial charge in [0.25, 0.3) is 0 Å². The summed E-state index contributed by atoms with van der Waals surface area (Å²) in [6.07, 6.45) is 0. The molecule has 1 aliphatic rings. The Bertz CT molecular complexity index is 2800. The molecule has 0 saturated heterocycles. The van der Waals surface area contributed by atoms with Gasteiger partial charge < -0.3 is 4.57 Å². The largest absolute Gasteiger partial charge is 0.309 e. The van der Waals surface area contributed by atoms with E-state index in [1.54, 1.807) is 0 Å². The molecule has 0 atom stereocenters. The first-order valence-corrected chi connectivity index (χ1v) is 18.8. The third-order valence-electron chi connectivity index (χ3n) is 10.7. The molecular formula is C50H40N4. The minimum absolute atomic E-state index is 0.0995. The Balaban J connectivity index is 0.00000189. The van der Waals surface area contributed by atoms with Crippen molar-refractivity contribution < 1.29 is 0 Å². The highest BCUT2D eigenvalue weighted by molar-refractivity contribution is 6.11. The number of hydrogen-bond donors (Lipinski definition) is 0. The van der Waals surface area contributed by atoms with Crippen LogP contribution >= 0.6 is 0 Å². The van der Waals surface area contributed by atoms with Crippen LogP contribution in [0.4, 0.5) is 0 Å². The van der Waals surface area contributed by atoms with Gasteiger partial charge in [-0.1, -0.05) is 167 Å². The second kappa shape index (κ2) is 13.4. The molecule has 2 aromatic heterocycles. The van der Waals surface area contributed by atoms with E-state index in [2.05, 4.69) is 152 Å². The third kappa shape index (κ3) is 5.50. The maximum Gasteiger partial charge on any atom is 0.164 e. The molecule has 0 fully saturated rings. The molecule has 0 saturated carbocycles. The maximum absolute atomic E-state index is 5.11. The predicted molar refractivity (Wildman–Crippen MR) is 225 cm³/mol. The fraction of sp³-hybridized carbons (Fsp3) is 0.100. The van der Waals surface area contributed by atoms with Crippen molar-refractivity contribution in [1.82, 2.24) is 19.5 Å². The molecule has 0 spiro atoms. The van der Waals surface area contributed by atoms with Crippen molar-refractivity contribution in [2.45, 2.75) is 33.1 Å². The quantitative estimate of drug-likeness (QED) is 0.180. The molecule has 0 N–H and O–H groups in total. The van der Waals surface area contributed by atoms with Gasteiger partial charge in [-0.3, -0.25) is 0 Å². The van der Waals surface area contributed by atoms with Gasteiger partial charge in [-0.15, -0.1) is 0 Å². The Hall–Kier alpha value is -6.65. The summed E-state index contributed by atoms with van der Waals surface area (Å²) in [6.45, 7) is 8.68. The molecule has 0 radical (unpaired) electrons. The zero-order chi connectivity index (χ0) is 36.8. The molecule has 0 bridgehead atoms. The molecular weight excluding hydrogens is 657 g/mol. The molecule has 260 valence electrons. The molecule has 9 aromatic rings. The van der Waals surface area contributed by atoms with E-state index >= 15 is 0 Å². The zero-order valence-electron chi connectivity index (χ0n) is 31.0. The lowest BCUT2D eigenvalue weighted by molar-refractivity contribution is 0.661. The van der Waals surface area contributed by atoms with Gasteiger partial charge in [0.05, 0.1) is 11.0 Å². The average Bonchev–Trinajstić information content (AvgIpc) is 3.69. The van der Waals surface area contributed by atoms with Gasteiger partial charge in [-0.05, 0) is 63.7 Å². The van der Waals surface area contributed by atoms with Crippen molar-refractivity contribution in [3.05, 3.63) is 181 Å². The van der Waals surface area contributed by atoms with E-state index in [1.165, 1.54) is 49.6 Å². The van der Waals surface area contributed by atoms with Crippen LogP contribution in [-0.2, 0) is 5.41 Å². The molecule has 0 unspecified atom stereocenters. The molecule has 4 heteroatoms. The predicted octanol–water partition coefficient (Wildman–Crippen LogP) is 13.0. The molecule has 1 aliphatic carbocycles. The van der Waals surface area contributed by atoms with E-state index in [4.69, 9.17) is 15.0 Å². The molecule has 4 nitrogen and oxygen atoms in total. The average molecular weight is 697 g/mol. The van der Waals surface area contributed by atoms with Crippen LogP contribution in [0.5, 0.6) is 0 Å². The summed E-state index contributed by atoms with van der Waals surface area (Å²) in [5, 5.41) is 2.49. The number of benzene rings is 7. The fourth-order valence-electron chi connectivity index (χ4n) is 8.02. The van der Waals surface area contributed by atoms with Crippen molar-refractivity contribution in [3.63, 3.8) is 0 Å². The summed E-state index contributed by atoms with van der Waals surface area (Å²) in [4.78, 5) is 15.2. The molecule has 54 heavy (non-hydrogen) atoms. The standard InChI is InChI=1S/C48H34N4.C2H6/c1-48(2)41-22-11-9-20-37(41)39-29-40-38-21-10-12-23-43(38)52(44(40)30-42(39)48)36-19-13-18-35(28-36)47-50-45(33-16-7-4-8-17-33)49-46(51-47)34-26-24-32(25-27-34)31-14-5-3-6-15-31;1-2/h3-30H,1-2H3;1-2H3. The van der Waals surface area contributed by atoms with E-state index in [0.29, 0.717) is 17.5 Å². The topological polar surface area (TPSA) is 43.6 Å². The summed E-state index contributed by atoms with van der Waals surface area (Å²) >= 11 is 0. The van der Waals surface area contributed by atoms with Gasteiger partial charge in [0.15, 0.2) is 17.5 Å². The maximum atomic E-state index is 5.11. The second-order valence-corrected chi connectivity index (χ2v) is 14.1. The number of fused-ring (bicyclic) bond motifs is 6. The molecule has 10 rings (SSSR count). The smallest absolute Gasteiger partial charge is 0.164 e. The highest BCUT2D eigenvalue weighted by atomic mass is 15.0. The number of rotatable bonds is 5. The normalized spacial score (nSPS) is 12.6. The van der Waals surface area contributed by atoms with Crippen molar-refractivity contribution in [2.24, 2.45) is 0 Å². The van der Waals surface area contributed by atoms with Crippen LogP contribution in [0, 0.1) is 0 Å². The van der Waals surface area contributed by atoms with Crippen LogP contribution in [0.1, 0.15) is 38.8 Å². The van der Waals surface area contributed by atoms with Crippen LogP contribution in [0.25, 0.3) is 83.9 Å². The SMILES string of the molecule is CC.CC1(C)c2ccccc2-c2cc3c4ccccc4n(-c4cccc(-c5nc(-c6ccccc6)nc(-c6ccc(-c7ccccc7)cc6)n5)c4)c3cc21. The van der Waals surface area contributed by atoms with Crippen molar-refractivity contribution >= 4 is 21.8 Å². The van der Waals surface area contributed by atoms with E-state index in [0.717, 1.165) is 27.9 Å². The van der Waals surface area contributed by atoms with Crippen LogP contribution in [0.3, 0.4) is 0 Å². The monoisotopic (exact) mass is 696 g/mol. The van der Waals surface area contributed by atoms with Crippen LogP contribution in [0.15, 0.2) is 170 Å². The summed E-state index contributed by atoms with van der Waals surface area (Å²) in [5.74, 6) is 1.92. The highest BCUT2D eigenvalue weighted by Crippen LogP contribution is 2.51. The summed E-state index contributed by atoms with van der Waals surface area (Å²) < 4.78 is 2.40. The van der Waals surface area contributed by atoms with Gasteiger partial charge in [-0.25, -0.2) is 15.0 Å². The van der Waals surface area contributed by atoms with Gasteiger partial charge in [0.1, 0.15) is 0 Å². The number of para-hydroxylation sites is 1. The van der Waals surface area contributed by atoms with Gasteiger partial charge in [0, 0.05) is 38.6 Å². The van der Waals surface area contributed by atoms with E-state index in [1.807, 2.05) is 50.2 Å². The van der Waals surface area contributed by atoms with E-state index < -0.39 is 0 Å². The first kappa shape index (κ1) is 33.2. The lowest BCUT2D eigenvalue weighted by Crippen LogP contribution is -2.14. The van der Waals surface area contributed by atoms with E-state index in [9.17, 15) is 0 Å². The van der Waals surface area contributed by atoms with Crippen molar-refractivity contribution in [1.29, 1.82) is 0 Å². The van der Waals surface area contributed by atoms with Crippen molar-refractivity contribution in [2.75, 3.05) is 0 Å².